The van der Waals surface area contributed by atoms with Gasteiger partial charge in [0.1, 0.15) is 0 Å². The Bertz CT molecular complexity index is 174. The van der Waals surface area contributed by atoms with Crippen LogP contribution in [0.1, 0.15) is 27.2 Å². The van der Waals surface area contributed by atoms with Crippen molar-refractivity contribution in [2.45, 2.75) is 33.2 Å². The Morgan fingerprint density at radius 2 is 2.13 bits per heavy atom. The predicted octanol–water partition coefficient (Wildman–Crippen LogP) is 0.869. The minimum atomic E-state index is 0.170. The van der Waals surface area contributed by atoms with Gasteiger partial charge in [-0.1, -0.05) is 6.92 Å². The number of ether oxygens (including phenoxy) is 1. The van der Waals surface area contributed by atoms with Crippen LogP contribution in [-0.2, 0) is 9.53 Å². The molecule has 1 amide bonds. The summed E-state index contributed by atoms with van der Waals surface area (Å²) in [7, 11) is 1.82. The van der Waals surface area contributed by atoms with Crippen LogP contribution in [0.15, 0.2) is 0 Å². The fourth-order valence-corrected chi connectivity index (χ4v) is 1.31. The summed E-state index contributed by atoms with van der Waals surface area (Å²) >= 11 is 0. The molecule has 0 aromatic rings. The lowest BCUT2D eigenvalue weighted by Crippen LogP contribution is -2.36. The average Bonchev–Trinajstić information content (AvgIpc) is 2.18. The van der Waals surface area contributed by atoms with Crippen molar-refractivity contribution >= 4 is 5.91 Å². The van der Waals surface area contributed by atoms with Crippen molar-refractivity contribution in [3.63, 3.8) is 0 Å². The van der Waals surface area contributed by atoms with Gasteiger partial charge in [-0.15, -0.1) is 0 Å². The molecule has 0 fully saturated rings. The zero-order valence-corrected chi connectivity index (χ0v) is 10.4. The molecule has 0 saturated heterocycles. The van der Waals surface area contributed by atoms with Crippen molar-refractivity contribution < 1.29 is 9.53 Å². The minimum absolute atomic E-state index is 0.170. The number of hydrogen-bond donors (Lipinski definition) is 1. The SMILES string of the molecule is CCNC(C)CC(=O)N(C)CCOCC. The van der Waals surface area contributed by atoms with Gasteiger partial charge in [0.05, 0.1) is 6.61 Å². The first kappa shape index (κ1) is 14.4. The maximum atomic E-state index is 11.7. The molecule has 0 heterocycles. The minimum Gasteiger partial charge on any atom is -0.380 e. The molecule has 0 aliphatic carbocycles. The molecule has 1 unspecified atom stereocenters. The van der Waals surface area contributed by atoms with Gasteiger partial charge in [-0.2, -0.15) is 0 Å². The molecule has 0 radical (unpaired) electrons. The van der Waals surface area contributed by atoms with Crippen molar-refractivity contribution in [3.8, 4) is 0 Å². The molecule has 15 heavy (non-hydrogen) atoms. The predicted molar refractivity (Wildman–Crippen MR) is 61.9 cm³/mol. The van der Waals surface area contributed by atoms with Crippen molar-refractivity contribution in [2.75, 3.05) is 33.4 Å². The van der Waals surface area contributed by atoms with E-state index >= 15 is 0 Å². The molecule has 0 saturated carbocycles. The smallest absolute Gasteiger partial charge is 0.223 e. The van der Waals surface area contributed by atoms with E-state index in [0.29, 0.717) is 26.2 Å². The van der Waals surface area contributed by atoms with Gasteiger partial charge in [0.25, 0.3) is 0 Å². The van der Waals surface area contributed by atoms with Gasteiger partial charge < -0.3 is 15.0 Å². The highest BCUT2D eigenvalue weighted by molar-refractivity contribution is 5.76. The quantitative estimate of drug-likeness (QED) is 0.612. The number of carbonyl (C=O) groups is 1. The van der Waals surface area contributed by atoms with Gasteiger partial charge in [-0.05, 0) is 20.4 Å². The third-order valence-electron chi connectivity index (χ3n) is 2.23. The molecule has 0 bridgehead atoms. The number of nitrogens with zero attached hydrogens (tertiary/aromatic N) is 1. The lowest BCUT2D eigenvalue weighted by Gasteiger charge is -2.19. The Labute approximate surface area is 93.0 Å². The molecule has 0 aliphatic rings. The zero-order chi connectivity index (χ0) is 11.7. The van der Waals surface area contributed by atoms with E-state index in [-0.39, 0.29) is 11.9 Å². The average molecular weight is 216 g/mol. The summed E-state index contributed by atoms with van der Waals surface area (Å²) in [5.74, 6) is 0.170. The lowest BCUT2D eigenvalue weighted by atomic mass is 10.2. The van der Waals surface area contributed by atoms with Crippen LogP contribution in [0, 0.1) is 0 Å². The molecule has 0 spiro atoms. The normalized spacial score (nSPS) is 12.5. The fourth-order valence-electron chi connectivity index (χ4n) is 1.31. The number of carbonyl (C=O) groups excluding carboxylic acids is 1. The molecular weight excluding hydrogens is 192 g/mol. The molecule has 90 valence electrons. The molecule has 0 aromatic heterocycles. The van der Waals surface area contributed by atoms with Gasteiger partial charge in [0, 0.05) is 32.7 Å². The van der Waals surface area contributed by atoms with Crippen LogP contribution in [0.3, 0.4) is 0 Å². The van der Waals surface area contributed by atoms with Gasteiger partial charge in [0.2, 0.25) is 5.91 Å². The lowest BCUT2D eigenvalue weighted by molar-refractivity contribution is -0.131. The number of nitrogens with one attached hydrogen (secondary N) is 1. The summed E-state index contributed by atoms with van der Waals surface area (Å²) in [6, 6.07) is 0.247. The molecule has 0 aromatic carbocycles. The zero-order valence-electron chi connectivity index (χ0n) is 10.4. The second-order valence-corrected chi connectivity index (χ2v) is 3.68. The van der Waals surface area contributed by atoms with E-state index in [4.69, 9.17) is 4.74 Å². The highest BCUT2D eigenvalue weighted by Crippen LogP contribution is 1.96. The van der Waals surface area contributed by atoms with Crippen LogP contribution in [0.4, 0.5) is 0 Å². The third-order valence-corrected chi connectivity index (χ3v) is 2.23. The molecule has 1 atom stereocenters. The van der Waals surface area contributed by atoms with E-state index in [1.54, 1.807) is 4.90 Å². The van der Waals surface area contributed by atoms with Gasteiger partial charge in [-0.3, -0.25) is 4.79 Å². The van der Waals surface area contributed by atoms with E-state index in [1.165, 1.54) is 0 Å². The highest BCUT2D eigenvalue weighted by atomic mass is 16.5. The maximum absolute atomic E-state index is 11.7. The third kappa shape index (κ3) is 7.33. The molecule has 4 nitrogen and oxygen atoms in total. The van der Waals surface area contributed by atoms with Crippen molar-refractivity contribution in [1.29, 1.82) is 0 Å². The van der Waals surface area contributed by atoms with E-state index < -0.39 is 0 Å². The summed E-state index contributed by atoms with van der Waals surface area (Å²) in [6.07, 6.45) is 0.552. The fraction of sp³-hybridized carbons (Fsp3) is 0.909. The Kier molecular flexibility index (Phi) is 8.33. The molecule has 1 N–H and O–H groups in total. The van der Waals surface area contributed by atoms with Crippen LogP contribution >= 0.6 is 0 Å². The topological polar surface area (TPSA) is 41.6 Å². The first-order valence-corrected chi connectivity index (χ1v) is 5.66. The maximum Gasteiger partial charge on any atom is 0.223 e. The van der Waals surface area contributed by atoms with Crippen molar-refractivity contribution in [1.82, 2.24) is 10.2 Å². The molecular formula is C11H24N2O2. The van der Waals surface area contributed by atoms with E-state index in [0.717, 1.165) is 6.54 Å². The number of likely N-dealkylation sites (N-methyl/N-ethyl adjacent to an activating group) is 1. The van der Waals surface area contributed by atoms with Crippen LogP contribution in [0.2, 0.25) is 0 Å². The Hall–Kier alpha value is -0.610. The van der Waals surface area contributed by atoms with Crippen LogP contribution in [0.25, 0.3) is 0 Å². The van der Waals surface area contributed by atoms with Gasteiger partial charge in [-0.25, -0.2) is 0 Å². The van der Waals surface area contributed by atoms with E-state index in [2.05, 4.69) is 5.32 Å². The summed E-state index contributed by atoms with van der Waals surface area (Å²) in [5.41, 5.74) is 0. The number of amides is 1. The second kappa shape index (κ2) is 8.68. The first-order valence-electron chi connectivity index (χ1n) is 5.66. The van der Waals surface area contributed by atoms with Crippen LogP contribution in [0.5, 0.6) is 0 Å². The second-order valence-electron chi connectivity index (χ2n) is 3.68. The first-order chi connectivity index (χ1) is 7.11. The van der Waals surface area contributed by atoms with Crippen molar-refractivity contribution in [2.24, 2.45) is 0 Å². The Balaban J connectivity index is 3.68. The number of hydrogen-bond acceptors (Lipinski definition) is 3. The molecule has 0 rings (SSSR count). The Morgan fingerprint density at radius 3 is 2.67 bits per heavy atom. The van der Waals surface area contributed by atoms with E-state index in [9.17, 15) is 4.79 Å². The largest absolute Gasteiger partial charge is 0.380 e. The monoisotopic (exact) mass is 216 g/mol. The van der Waals surface area contributed by atoms with Gasteiger partial charge in [0.15, 0.2) is 0 Å². The van der Waals surface area contributed by atoms with E-state index in [1.807, 2.05) is 27.8 Å². The van der Waals surface area contributed by atoms with Crippen LogP contribution < -0.4 is 5.32 Å². The summed E-state index contributed by atoms with van der Waals surface area (Å²) in [6.45, 7) is 8.92. The Morgan fingerprint density at radius 1 is 1.47 bits per heavy atom. The standard InChI is InChI=1S/C11H24N2O2/c1-5-12-10(3)9-11(14)13(4)7-8-15-6-2/h10,12H,5-9H2,1-4H3. The summed E-state index contributed by atoms with van der Waals surface area (Å²) in [4.78, 5) is 13.4. The summed E-state index contributed by atoms with van der Waals surface area (Å²) < 4.78 is 5.20. The highest BCUT2D eigenvalue weighted by Gasteiger charge is 2.11. The molecule has 4 heteroatoms. The van der Waals surface area contributed by atoms with Crippen molar-refractivity contribution in [3.05, 3.63) is 0 Å². The molecule has 0 aliphatic heterocycles. The summed E-state index contributed by atoms with van der Waals surface area (Å²) in [5, 5.41) is 3.22. The number of rotatable bonds is 8. The van der Waals surface area contributed by atoms with Crippen LogP contribution in [-0.4, -0.2) is 50.2 Å². The van der Waals surface area contributed by atoms with Gasteiger partial charge >= 0.3 is 0 Å².